The van der Waals surface area contributed by atoms with Gasteiger partial charge in [0.15, 0.2) is 0 Å². The molecule has 0 saturated heterocycles. The van der Waals surface area contributed by atoms with E-state index in [1.54, 1.807) is 12.1 Å². The van der Waals surface area contributed by atoms with E-state index in [4.69, 9.17) is 9.68 Å². The van der Waals surface area contributed by atoms with E-state index in [2.05, 4.69) is 14.9 Å². The van der Waals surface area contributed by atoms with Crippen LogP contribution in [-0.4, -0.2) is 18.6 Å². The predicted octanol–water partition coefficient (Wildman–Crippen LogP) is 1.54. The van der Waals surface area contributed by atoms with E-state index in [9.17, 15) is 8.42 Å². The topological polar surface area (TPSA) is 109 Å². The standard InChI is InChI=1S/C13H14N4O3S/c1-9(2)13-17-16-12(20-13)8-15-21(18,19)11-6-4-3-5-10(11)7-14/h3-6,9,15H,8H2,1-2H3. The molecule has 0 unspecified atom stereocenters. The highest BCUT2D eigenvalue weighted by Gasteiger charge is 2.19. The summed E-state index contributed by atoms with van der Waals surface area (Å²) in [6.07, 6.45) is 0. The molecule has 0 atom stereocenters. The largest absolute Gasteiger partial charge is 0.424 e. The molecule has 0 aliphatic heterocycles. The van der Waals surface area contributed by atoms with Gasteiger partial charge in [0.1, 0.15) is 6.07 Å². The van der Waals surface area contributed by atoms with Crippen LogP contribution in [0.4, 0.5) is 0 Å². The molecule has 0 radical (unpaired) electrons. The van der Waals surface area contributed by atoms with Gasteiger partial charge < -0.3 is 4.42 Å². The lowest BCUT2D eigenvalue weighted by Gasteiger charge is -2.06. The van der Waals surface area contributed by atoms with Crippen molar-refractivity contribution in [2.24, 2.45) is 0 Å². The fourth-order valence-corrected chi connectivity index (χ4v) is 2.73. The molecule has 110 valence electrons. The number of hydrogen-bond donors (Lipinski definition) is 1. The molecule has 2 aromatic rings. The van der Waals surface area contributed by atoms with Gasteiger partial charge in [0.2, 0.25) is 21.8 Å². The highest BCUT2D eigenvalue weighted by atomic mass is 32.2. The van der Waals surface area contributed by atoms with Crippen LogP contribution >= 0.6 is 0 Å². The third-order valence-corrected chi connectivity index (χ3v) is 4.15. The van der Waals surface area contributed by atoms with E-state index in [1.165, 1.54) is 12.1 Å². The van der Waals surface area contributed by atoms with Gasteiger partial charge in [-0.05, 0) is 12.1 Å². The zero-order valence-electron chi connectivity index (χ0n) is 11.6. The lowest BCUT2D eigenvalue weighted by Crippen LogP contribution is -2.24. The van der Waals surface area contributed by atoms with Crippen molar-refractivity contribution in [2.75, 3.05) is 0 Å². The summed E-state index contributed by atoms with van der Waals surface area (Å²) in [7, 11) is -3.81. The van der Waals surface area contributed by atoms with E-state index in [1.807, 2.05) is 19.9 Å². The SMILES string of the molecule is CC(C)c1nnc(CNS(=O)(=O)c2ccccc2C#N)o1. The van der Waals surface area contributed by atoms with Gasteiger partial charge in [-0.1, -0.05) is 26.0 Å². The first-order valence-electron chi connectivity index (χ1n) is 6.25. The average molecular weight is 306 g/mol. The van der Waals surface area contributed by atoms with Crippen molar-refractivity contribution in [1.29, 1.82) is 5.26 Å². The summed E-state index contributed by atoms with van der Waals surface area (Å²) in [5, 5.41) is 16.5. The van der Waals surface area contributed by atoms with Crippen molar-refractivity contribution in [3.63, 3.8) is 0 Å². The van der Waals surface area contributed by atoms with Crippen LogP contribution in [0.5, 0.6) is 0 Å². The van der Waals surface area contributed by atoms with Gasteiger partial charge in [0, 0.05) is 5.92 Å². The molecule has 0 bridgehead atoms. The first-order valence-corrected chi connectivity index (χ1v) is 7.73. The molecular formula is C13H14N4O3S. The Labute approximate surface area is 122 Å². The molecule has 0 spiro atoms. The molecular weight excluding hydrogens is 292 g/mol. The first-order chi connectivity index (χ1) is 9.94. The Hall–Kier alpha value is -2.24. The van der Waals surface area contributed by atoms with Crippen LogP contribution in [0, 0.1) is 11.3 Å². The van der Waals surface area contributed by atoms with Gasteiger partial charge in [-0.25, -0.2) is 13.1 Å². The Bertz CT molecular complexity index is 775. The molecule has 8 heteroatoms. The van der Waals surface area contributed by atoms with Crippen LogP contribution in [0.25, 0.3) is 0 Å². The van der Waals surface area contributed by atoms with E-state index in [0.29, 0.717) is 5.89 Å². The quantitative estimate of drug-likeness (QED) is 0.897. The van der Waals surface area contributed by atoms with Crippen molar-refractivity contribution in [3.05, 3.63) is 41.6 Å². The van der Waals surface area contributed by atoms with Gasteiger partial charge in [-0.2, -0.15) is 5.26 Å². The van der Waals surface area contributed by atoms with Crippen LogP contribution in [-0.2, 0) is 16.6 Å². The molecule has 0 saturated carbocycles. The first kappa shape index (κ1) is 15.2. The van der Waals surface area contributed by atoms with Crippen LogP contribution in [0.1, 0.15) is 37.1 Å². The summed E-state index contributed by atoms with van der Waals surface area (Å²) < 4.78 is 32.0. The highest BCUT2D eigenvalue weighted by Crippen LogP contribution is 2.15. The van der Waals surface area contributed by atoms with Gasteiger partial charge in [0.25, 0.3) is 0 Å². The number of aromatic nitrogens is 2. The summed E-state index contributed by atoms with van der Waals surface area (Å²) in [5.74, 6) is 0.695. The third-order valence-electron chi connectivity index (χ3n) is 2.69. The summed E-state index contributed by atoms with van der Waals surface area (Å²) in [6.45, 7) is 3.66. The summed E-state index contributed by atoms with van der Waals surface area (Å²) in [5.41, 5.74) is 0.0819. The van der Waals surface area contributed by atoms with Crippen molar-refractivity contribution in [1.82, 2.24) is 14.9 Å². The minimum absolute atomic E-state index is 0.0715. The van der Waals surface area contributed by atoms with Crippen LogP contribution in [0.15, 0.2) is 33.6 Å². The summed E-state index contributed by atoms with van der Waals surface area (Å²) in [4.78, 5) is -0.0731. The Morgan fingerprint density at radius 3 is 2.67 bits per heavy atom. The highest BCUT2D eigenvalue weighted by molar-refractivity contribution is 7.89. The smallest absolute Gasteiger partial charge is 0.242 e. The van der Waals surface area contributed by atoms with E-state index < -0.39 is 10.0 Å². The van der Waals surface area contributed by atoms with Crippen molar-refractivity contribution in [2.45, 2.75) is 31.2 Å². The van der Waals surface area contributed by atoms with Gasteiger partial charge in [0.05, 0.1) is 17.0 Å². The van der Waals surface area contributed by atoms with Crippen molar-refractivity contribution < 1.29 is 12.8 Å². The molecule has 21 heavy (non-hydrogen) atoms. The Balaban J connectivity index is 2.16. The van der Waals surface area contributed by atoms with E-state index >= 15 is 0 Å². The van der Waals surface area contributed by atoms with Gasteiger partial charge >= 0.3 is 0 Å². The fraction of sp³-hybridized carbons (Fsp3) is 0.308. The number of sulfonamides is 1. The van der Waals surface area contributed by atoms with Crippen LogP contribution < -0.4 is 4.72 Å². The average Bonchev–Trinajstić information content (AvgIpc) is 2.94. The minimum atomic E-state index is -3.81. The molecule has 0 aliphatic carbocycles. The van der Waals surface area contributed by atoms with Crippen LogP contribution in [0.3, 0.4) is 0 Å². The van der Waals surface area contributed by atoms with E-state index in [0.717, 1.165) is 0 Å². The normalized spacial score (nSPS) is 11.5. The molecule has 2 rings (SSSR count). The number of benzene rings is 1. The molecule has 1 heterocycles. The van der Waals surface area contributed by atoms with Gasteiger partial charge in [-0.3, -0.25) is 0 Å². The minimum Gasteiger partial charge on any atom is -0.424 e. The Kier molecular flexibility index (Phi) is 4.35. The van der Waals surface area contributed by atoms with Crippen molar-refractivity contribution >= 4 is 10.0 Å². The number of nitrogens with one attached hydrogen (secondary N) is 1. The molecule has 7 nitrogen and oxygen atoms in total. The zero-order valence-corrected chi connectivity index (χ0v) is 12.4. The number of hydrogen-bond acceptors (Lipinski definition) is 6. The molecule has 1 N–H and O–H groups in total. The molecule has 0 amide bonds. The summed E-state index contributed by atoms with van der Waals surface area (Å²) >= 11 is 0. The molecule has 1 aromatic heterocycles. The number of nitrogens with zero attached hydrogens (tertiary/aromatic N) is 3. The maximum absolute atomic E-state index is 12.2. The second-order valence-corrected chi connectivity index (χ2v) is 6.36. The van der Waals surface area contributed by atoms with Gasteiger partial charge in [-0.15, -0.1) is 10.2 Å². The fourth-order valence-electron chi connectivity index (χ4n) is 1.60. The monoisotopic (exact) mass is 306 g/mol. The molecule has 0 fully saturated rings. The second-order valence-electron chi connectivity index (χ2n) is 4.62. The predicted molar refractivity (Wildman–Crippen MR) is 73.6 cm³/mol. The number of nitriles is 1. The van der Waals surface area contributed by atoms with Crippen molar-refractivity contribution in [3.8, 4) is 6.07 Å². The maximum Gasteiger partial charge on any atom is 0.242 e. The number of rotatable bonds is 5. The Morgan fingerprint density at radius 1 is 1.33 bits per heavy atom. The third kappa shape index (κ3) is 3.45. The molecule has 1 aromatic carbocycles. The lowest BCUT2D eigenvalue weighted by atomic mass is 10.2. The molecule has 0 aliphatic rings. The maximum atomic E-state index is 12.2. The Morgan fingerprint density at radius 2 is 2.05 bits per heavy atom. The van der Waals surface area contributed by atoms with E-state index in [-0.39, 0.29) is 28.8 Å². The summed E-state index contributed by atoms with van der Waals surface area (Å²) in [6, 6.07) is 7.82. The van der Waals surface area contributed by atoms with Crippen LogP contribution in [0.2, 0.25) is 0 Å². The zero-order chi connectivity index (χ0) is 15.5. The second kappa shape index (κ2) is 6.03. The lowest BCUT2D eigenvalue weighted by molar-refractivity contribution is 0.427.